The van der Waals surface area contributed by atoms with E-state index < -0.39 is 5.97 Å². The molecule has 0 saturated heterocycles. The zero-order valence-electron chi connectivity index (χ0n) is 13.7. The zero-order valence-corrected chi connectivity index (χ0v) is 13.7. The molecule has 0 aliphatic heterocycles. The van der Waals surface area contributed by atoms with Gasteiger partial charge < -0.3 is 15.7 Å². The van der Waals surface area contributed by atoms with Gasteiger partial charge in [-0.2, -0.15) is 0 Å². The molecule has 1 aromatic rings. The van der Waals surface area contributed by atoms with Crippen LogP contribution < -0.4 is 10.6 Å². The predicted octanol–water partition coefficient (Wildman–Crippen LogP) is 2.56. The monoisotopic (exact) mass is 328 g/mol. The van der Waals surface area contributed by atoms with E-state index in [1.54, 1.807) is 0 Å². The molecule has 24 heavy (non-hydrogen) atoms. The van der Waals surface area contributed by atoms with Crippen LogP contribution in [0.3, 0.4) is 0 Å². The maximum Gasteiger partial charge on any atom is 0.315 e. The minimum Gasteiger partial charge on any atom is -0.481 e. The Labute approximate surface area is 142 Å². The van der Waals surface area contributed by atoms with Crippen molar-refractivity contribution in [1.82, 2.24) is 10.6 Å². The standard InChI is InChI=1S/C19H24N2O3/c1-2-6-17(13-14-7-4-3-5-8-14)21-19(24)20-16-11-9-15(10-12-16)18(22)23/h1,3-5,7-8,15-17H,6,9-13H2,(H,22,23)(H2,20,21,24). The molecular weight excluding hydrogens is 304 g/mol. The van der Waals surface area contributed by atoms with Gasteiger partial charge in [-0.15, -0.1) is 12.3 Å². The van der Waals surface area contributed by atoms with E-state index in [9.17, 15) is 9.59 Å². The molecule has 0 bridgehead atoms. The van der Waals surface area contributed by atoms with E-state index in [1.807, 2.05) is 30.3 Å². The summed E-state index contributed by atoms with van der Waals surface area (Å²) in [5.41, 5.74) is 1.13. The highest BCUT2D eigenvalue weighted by molar-refractivity contribution is 5.75. The van der Waals surface area contributed by atoms with Crippen molar-refractivity contribution in [1.29, 1.82) is 0 Å². The summed E-state index contributed by atoms with van der Waals surface area (Å²) in [6.45, 7) is 0. The van der Waals surface area contributed by atoms with Crippen molar-refractivity contribution in [3.8, 4) is 12.3 Å². The fourth-order valence-electron chi connectivity index (χ4n) is 3.11. The lowest BCUT2D eigenvalue weighted by Crippen LogP contribution is -2.48. The van der Waals surface area contributed by atoms with E-state index in [1.165, 1.54) is 0 Å². The van der Waals surface area contributed by atoms with Crippen molar-refractivity contribution in [3.05, 3.63) is 35.9 Å². The van der Waals surface area contributed by atoms with E-state index in [4.69, 9.17) is 11.5 Å². The second kappa shape index (κ2) is 8.97. The molecule has 0 radical (unpaired) electrons. The summed E-state index contributed by atoms with van der Waals surface area (Å²) in [5, 5.41) is 14.9. The molecule has 128 valence electrons. The smallest absolute Gasteiger partial charge is 0.315 e. The van der Waals surface area contributed by atoms with Crippen LogP contribution in [0.2, 0.25) is 0 Å². The van der Waals surface area contributed by atoms with E-state index in [0.29, 0.717) is 38.5 Å². The van der Waals surface area contributed by atoms with Gasteiger partial charge in [-0.1, -0.05) is 30.3 Å². The van der Waals surface area contributed by atoms with Gasteiger partial charge in [0.1, 0.15) is 0 Å². The quantitative estimate of drug-likeness (QED) is 0.702. The van der Waals surface area contributed by atoms with Crippen molar-refractivity contribution >= 4 is 12.0 Å². The minimum atomic E-state index is -0.741. The average molecular weight is 328 g/mol. The van der Waals surface area contributed by atoms with Crippen LogP contribution in [0.15, 0.2) is 30.3 Å². The molecule has 5 nitrogen and oxygen atoms in total. The molecule has 1 aliphatic carbocycles. The first kappa shape index (κ1) is 17.9. The van der Waals surface area contributed by atoms with Gasteiger partial charge in [0.05, 0.1) is 5.92 Å². The molecule has 3 N–H and O–H groups in total. The van der Waals surface area contributed by atoms with Crippen molar-refractivity contribution in [3.63, 3.8) is 0 Å². The van der Waals surface area contributed by atoms with Crippen LogP contribution in [-0.4, -0.2) is 29.2 Å². The third kappa shape index (κ3) is 5.62. The van der Waals surface area contributed by atoms with Gasteiger partial charge in [0.2, 0.25) is 0 Å². The SMILES string of the molecule is C#CCC(Cc1ccccc1)NC(=O)NC1CCC(C(=O)O)CC1. The number of hydrogen-bond donors (Lipinski definition) is 3. The summed E-state index contributed by atoms with van der Waals surface area (Å²) in [7, 11) is 0. The summed E-state index contributed by atoms with van der Waals surface area (Å²) in [5.74, 6) is 1.59. The zero-order chi connectivity index (χ0) is 17.4. The number of nitrogens with one attached hydrogen (secondary N) is 2. The minimum absolute atomic E-state index is 0.0313. The highest BCUT2D eigenvalue weighted by atomic mass is 16.4. The van der Waals surface area contributed by atoms with E-state index >= 15 is 0 Å². The van der Waals surface area contributed by atoms with E-state index in [2.05, 4.69) is 16.6 Å². The van der Waals surface area contributed by atoms with E-state index in [0.717, 1.165) is 5.56 Å². The second-order valence-corrected chi connectivity index (χ2v) is 6.30. The molecular formula is C19H24N2O3. The molecule has 0 aromatic heterocycles. The molecule has 5 heteroatoms. The fraction of sp³-hybridized carbons (Fsp3) is 0.474. The summed E-state index contributed by atoms with van der Waals surface area (Å²) in [4.78, 5) is 23.2. The Morgan fingerprint density at radius 1 is 1.21 bits per heavy atom. The Kier molecular flexibility index (Phi) is 6.68. The number of carbonyl (C=O) groups is 2. The topological polar surface area (TPSA) is 78.4 Å². The number of hydrogen-bond acceptors (Lipinski definition) is 2. The molecule has 0 heterocycles. The molecule has 1 atom stereocenters. The highest BCUT2D eigenvalue weighted by Crippen LogP contribution is 2.24. The lowest BCUT2D eigenvalue weighted by molar-refractivity contribution is -0.142. The first-order valence-electron chi connectivity index (χ1n) is 8.35. The normalized spacial score (nSPS) is 21.3. The number of carboxylic acid groups (broad SMARTS) is 1. The maximum atomic E-state index is 12.2. The molecule has 1 saturated carbocycles. The molecule has 1 aliphatic rings. The highest BCUT2D eigenvalue weighted by Gasteiger charge is 2.27. The molecule has 2 rings (SSSR count). The second-order valence-electron chi connectivity index (χ2n) is 6.30. The Balaban J connectivity index is 1.81. The van der Waals surface area contributed by atoms with Crippen LogP contribution in [0, 0.1) is 18.3 Å². The molecule has 1 aromatic carbocycles. The number of carbonyl (C=O) groups excluding carboxylic acids is 1. The van der Waals surface area contributed by atoms with Crippen molar-refractivity contribution in [2.75, 3.05) is 0 Å². The summed E-state index contributed by atoms with van der Waals surface area (Å²) in [6.07, 6.45) is 9.17. The third-order valence-corrected chi connectivity index (χ3v) is 4.44. The van der Waals surface area contributed by atoms with Crippen LogP contribution in [0.1, 0.15) is 37.7 Å². The van der Waals surface area contributed by atoms with Crippen molar-refractivity contribution in [2.24, 2.45) is 5.92 Å². The number of aliphatic carboxylic acids is 1. The first-order chi connectivity index (χ1) is 11.6. The Hall–Kier alpha value is -2.48. The van der Waals surface area contributed by atoms with Crippen LogP contribution in [0.25, 0.3) is 0 Å². The predicted molar refractivity (Wildman–Crippen MR) is 92.4 cm³/mol. The first-order valence-corrected chi connectivity index (χ1v) is 8.35. The number of terminal acetylenes is 1. The van der Waals surface area contributed by atoms with Gasteiger partial charge in [-0.25, -0.2) is 4.79 Å². The van der Waals surface area contributed by atoms with Crippen LogP contribution in [-0.2, 0) is 11.2 Å². The number of benzene rings is 1. The average Bonchev–Trinajstić information content (AvgIpc) is 2.56. The largest absolute Gasteiger partial charge is 0.481 e. The van der Waals surface area contributed by atoms with Gasteiger partial charge in [0.25, 0.3) is 0 Å². The maximum absolute atomic E-state index is 12.2. The van der Waals surface area contributed by atoms with Gasteiger partial charge in [-0.3, -0.25) is 4.79 Å². The number of carboxylic acids is 1. The number of urea groups is 1. The number of amides is 2. The molecule has 1 fully saturated rings. The van der Waals surface area contributed by atoms with Crippen molar-refractivity contribution in [2.45, 2.75) is 50.6 Å². The Morgan fingerprint density at radius 3 is 2.46 bits per heavy atom. The summed E-state index contributed by atoms with van der Waals surface area (Å²) < 4.78 is 0. The van der Waals surface area contributed by atoms with Gasteiger partial charge in [-0.05, 0) is 37.7 Å². The lowest BCUT2D eigenvalue weighted by Gasteiger charge is -2.27. The van der Waals surface area contributed by atoms with Gasteiger partial charge in [0.15, 0.2) is 0 Å². The van der Waals surface area contributed by atoms with Crippen molar-refractivity contribution < 1.29 is 14.7 Å². The third-order valence-electron chi connectivity index (χ3n) is 4.44. The van der Waals surface area contributed by atoms with Gasteiger partial charge >= 0.3 is 12.0 Å². The summed E-state index contributed by atoms with van der Waals surface area (Å²) in [6, 6.07) is 9.58. The Morgan fingerprint density at radius 2 is 1.88 bits per heavy atom. The molecule has 0 spiro atoms. The fourth-order valence-corrected chi connectivity index (χ4v) is 3.11. The summed E-state index contributed by atoms with van der Waals surface area (Å²) >= 11 is 0. The van der Waals surface area contributed by atoms with Crippen LogP contribution in [0.5, 0.6) is 0 Å². The van der Waals surface area contributed by atoms with Crippen LogP contribution in [0.4, 0.5) is 4.79 Å². The van der Waals surface area contributed by atoms with Crippen LogP contribution >= 0.6 is 0 Å². The molecule has 2 amide bonds. The van der Waals surface area contributed by atoms with E-state index in [-0.39, 0.29) is 24.0 Å². The molecule has 1 unspecified atom stereocenters. The van der Waals surface area contributed by atoms with Gasteiger partial charge in [0, 0.05) is 18.5 Å². The number of rotatable bonds is 6. The lowest BCUT2D eigenvalue weighted by atomic mass is 9.86. The Bertz CT molecular complexity index is 586.